The van der Waals surface area contributed by atoms with Gasteiger partial charge in [-0.2, -0.15) is 0 Å². The van der Waals surface area contributed by atoms with Crippen LogP contribution >= 0.6 is 0 Å². The summed E-state index contributed by atoms with van der Waals surface area (Å²) in [5.74, 6) is 0.410. The molecule has 6 nitrogen and oxygen atoms in total. The van der Waals surface area contributed by atoms with Gasteiger partial charge in [-0.1, -0.05) is 18.2 Å². The first-order valence-electron chi connectivity index (χ1n) is 7.69. The van der Waals surface area contributed by atoms with Crippen LogP contribution in [0.25, 0.3) is 16.9 Å². The number of imidazole rings is 1. The van der Waals surface area contributed by atoms with Crippen molar-refractivity contribution >= 4 is 17.4 Å². The zero-order chi connectivity index (χ0) is 17.2. The van der Waals surface area contributed by atoms with Crippen LogP contribution in [-0.2, 0) is 0 Å². The first-order valence-corrected chi connectivity index (χ1v) is 7.69. The fourth-order valence-corrected chi connectivity index (χ4v) is 2.58. The van der Waals surface area contributed by atoms with E-state index >= 15 is 0 Å². The van der Waals surface area contributed by atoms with Gasteiger partial charge in [0.25, 0.3) is 5.91 Å². The summed E-state index contributed by atoms with van der Waals surface area (Å²) in [7, 11) is 0. The van der Waals surface area contributed by atoms with Gasteiger partial charge in [-0.05, 0) is 36.4 Å². The molecule has 0 saturated carbocycles. The number of nitrogens with one attached hydrogen (secondary N) is 1. The molecule has 1 amide bonds. The lowest BCUT2D eigenvalue weighted by atomic mass is 10.1. The van der Waals surface area contributed by atoms with Crippen LogP contribution in [0.3, 0.4) is 0 Å². The van der Waals surface area contributed by atoms with Crippen molar-refractivity contribution in [1.29, 1.82) is 0 Å². The molecule has 0 aliphatic heterocycles. The summed E-state index contributed by atoms with van der Waals surface area (Å²) in [4.78, 5) is 20.8. The maximum Gasteiger partial charge on any atom is 0.256 e. The molecule has 2 N–H and O–H groups in total. The second-order valence-electron chi connectivity index (χ2n) is 5.51. The van der Waals surface area contributed by atoms with E-state index in [1.165, 1.54) is 0 Å². The van der Waals surface area contributed by atoms with E-state index in [9.17, 15) is 9.90 Å². The Hall–Kier alpha value is -3.67. The number of aromatic hydroxyl groups is 1. The summed E-state index contributed by atoms with van der Waals surface area (Å²) < 4.78 is 1.85. The van der Waals surface area contributed by atoms with Crippen molar-refractivity contribution in [2.45, 2.75) is 0 Å². The minimum absolute atomic E-state index is 0.204. The molecule has 6 heteroatoms. The lowest BCUT2D eigenvalue weighted by Gasteiger charge is -2.07. The first-order chi connectivity index (χ1) is 12.2. The third-order valence-corrected chi connectivity index (χ3v) is 3.84. The van der Waals surface area contributed by atoms with Crippen LogP contribution in [0, 0.1) is 0 Å². The van der Waals surface area contributed by atoms with Crippen LogP contribution in [0.5, 0.6) is 5.75 Å². The fraction of sp³-hybridized carbons (Fsp3) is 0. The van der Waals surface area contributed by atoms with Crippen LogP contribution in [0.2, 0.25) is 0 Å². The maximum atomic E-state index is 12.3. The smallest absolute Gasteiger partial charge is 0.256 e. The van der Waals surface area contributed by atoms with E-state index in [2.05, 4.69) is 15.3 Å². The number of nitrogens with zero attached hydrogens (tertiary/aromatic N) is 3. The maximum absolute atomic E-state index is 12.3. The summed E-state index contributed by atoms with van der Waals surface area (Å²) in [5, 5.41) is 12.2. The summed E-state index contributed by atoms with van der Waals surface area (Å²) in [5.41, 5.74) is 2.97. The molecule has 0 atom stereocenters. The van der Waals surface area contributed by atoms with Gasteiger partial charge in [-0.15, -0.1) is 0 Å². The molecule has 25 heavy (non-hydrogen) atoms. The summed E-state index contributed by atoms with van der Waals surface area (Å²) in [6.07, 6.45) is 5.06. The van der Waals surface area contributed by atoms with Crippen LogP contribution in [-0.4, -0.2) is 25.4 Å². The summed E-state index contributed by atoms with van der Waals surface area (Å²) in [6.45, 7) is 0. The van der Waals surface area contributed by atoms with Crippen LogP contribution in [0.1, 0.15) is 10.4 Å². The molecule has 2 heterocycles. The number of aromatic nitrogens is 3. The molecule has 122 valence electrons. The SMILES string of the molecule is O=C(Nc1cn2c(-c3ccc(O)cc3)cnc2cn1)c1ccccc1. The number of rotatable bonds is 3. The molecule has 0 spiro atoms. The fourth-order valence-electron chi connectivity index (χ4n) is 2.58. The van der Waals surface area contributed by atoms with Gasteiger partial charge < -0.3 is 10.4 Å². The molecule has 0 fully saturated rings. The number of carbonyl (C=O) groups is 1. The van der Waals surface area contributed by atoms with Crippen LogP contribution in [0.4, 0.5) is 5.82 Å². The number of phenols is 1. The van der Waals surface area contributed by atoms with Gasteiger partial charge in [0.2, 0.25) is 0 Å². The number of fused-ring (bicyclic) bond motifs is 1. The molecule has 2 aromatic carbocycles. The average molecular weight is 330 g/mol. The van der Waals surface area contributed by atoms with E-state index in [0.29, 0.717) is 17.0 Å². The van der Waals surface area contributed by atoms with Gasteiger partial charge in [0.15, 0.2) is 5.65 Å². The Labute approximate surface area is 143 Å². The number of amides is 1. The molecule has 0 aliphatic rings. The normalized spacial score (nSPS) is 10.7. The molecule has 0 aliphatic carbocycles. The Morgan fingerprint density at radius 1 is 0.960 bits per heavy atom. The van der Waals surface area contributed by atoms with E-state index in [0.717, 1.165) is 11.3 Å². The Balaban J connectivity index is 1.69. The molecule has 0 bridgehead atoms. The van der Waals surface area contributed by atoms with E-state index in [4.69, 9.17) is 0 Å². The van der Waals surface area contributed by atoms with E-state index in [-0.39, 0.29) is 11.7 Å². The van der Waals surface area contributed by atoms with Crippen molar-refractivity contribution in [3.63, 3.8) is 0 Å². The standard InChI is InChI=1S/C19H14N4O2/c24-15-8-6-13(7-9-15)16-10-21-18-11-20-17(12-23(16)18)22-19(25)14-4-2-1-3-5-14/h1-12,24H,(H,22,25). The second kappa shape index (κ2) is 6.09. The highest BCUT2D eigenvalue weighted by Crippen LogP contribution is 2.23. The van der Waals surface area contributed by atoms with E-state index in [1.807, 2.05) is 22.6 Å². The lowest BCUT2D eigenvalue weighted by molar-refractivity contribution is 0.102. The van der Waals surface area contributed by atoms with E-state index < -0.39 is 0 Å². The topological polar surface area (TPSA) is 79.5 Å². The predicted octanol–water partition coefficient (Wildman–Crippen LogP) is 3.35. The minimum atomic E-state index is -0.223. The number of carbonyl (C=O) groups excluding carboxylic acids is 1. The molecule has 0 unspecified atom stereocenters. The van der Waals surface area contributed by atoms with Crippen molar-refractivity contribution in [2.24, 2.45) is 0 Å². The highest BCUT2D eigenvalue weighted by molar-refractivity contribution is 6.03. The van der Waals surface area contributed by atoms with Crippen molar-refractivity contribution in [3.8, 4) is 17.0 Å². The van der Waals surface area contributed by atoms with Gasteiger partial charge in [0, 0.05) is 11.1 Å². The highest BCUT2D eigenvalue weighted by Gasteiger charge is 2.10. The van der Waals surface area contributed by atoms with Gasteiger partial charge in [-0.3, -0.25) is 9.20 Å². The Morgan fingerprint density at radius 3 is 2.48 bits per heavy atom. The molecule has 4 aromatic rings. The monoisotopic (exact) mass is 330 g/mol. The summed E-state index contributed by atoms with van der Waals surface area (Å²) in [6, 6.07) is 15.8. The van der Waals surface area contributed by atoms with Crippen molar-refractivity contribution in [3.05, 3.63) is 78.8 Å². The number of hydrogen-bond acceptors (Lipinski definition) is 4. The lowest BCUT2D eigenvalue weighted by Crippen LogP contribution is -2.13. The van der Waals surface area contributed by atoms with Gasteiger partial charge in [-0.25, -0.2) is 9.97 Å². The number of phenolic OH excluding ortho intramolecular Hbond substituents is 1. The highest BCUT2D eigenvalue weighted by atomic mass is 16.3. The third-order valence-electron chi connectivity index (χ3n) is 3.84. The first kappa shape index (κ1) is 14.9. The zero-order valence-electron chi connectivity index (χ0n) is 13.1. The molecule has 2 aromatic heterocycles. The predicted molar refractivity (Wildman–Crippen MR) is 94.5 cm³/mol. The van der Waals surface area contributed by atoms with Gasteiger partial charge in [0.1, 0.15) is 11.6 Å². The largest absolute Gasteiger partial charge is 0.508 e. The van der Waals surface area contributed by atoms with Crippen LogP contribution < -0.4 is 5.32 Å². The zero-order valence-corrected chi connectivity index (χ0v) is 13.1. The number of benzene rings is 2. The molecular formula is C19H14N4O2. The van der Waals surface area contributed by atoms with Crippen molar-refractivity contribution < 1.29 is 9.90 Å². The summed E-state index contributed by atoms with van der Waals surface area (Å²) >= 11 is 0. The molecule has 0 radical (unpaired) electrons. The Kier molecular flexibility index (Phi) is 3.63. The number of hydrogen-bond donors (Lipinski definition) is 2. The molecule has 4 rings (SSSR count). The molecular weight excluding hydrogens is 316 g/mol. The quantitative estimate of drug-likeness (QED) is 0.604. The minimum Gasteiger partial charge on any atom is -0.508 e. The Bertz CT molecular complexity index is 1040. The molecule has 0 saturated heterocycles. The Morgan fingerprint density at radius 2 is 1.72 bits per heavy atom. The van der Waals surface area contributed by atoms with Crippen molar-refractivity contribution in [1.82, 2.24) is 14.4 Å². The van der Waals surface area contributed by atoms with E-state index in [1.54, 1.807) is 55.0 Å². The second-order valence-corrected chi connectivity index (χ2v) is 5.51. The van der Waals surface area contributed by atoms with Crippen molar-refractivity contribution in [2.75, 3.05) is 5.32 Å². The van der Waals surface area contributed by atoms with Crippen LogP contribution in [0.15, 0.2) is 73.2 Å². The average Bonchev–Trinajstić information content (AvgIpc) is 3.06. The van der Waals surface area contributed by atoms with Gasteiger partial charge in [0.05, 0.1) is 24.3 Å². The number of anilines is 1. The third kappa shape index (κ3) is 2.92. The van der Waals surface area contributed by atoms with Gasteiger partial charge >= 0.3 is 0 Å².